The molecule has 6 rings (SSSR count). The Morgan fingerprint density at radius 2 is 1.53 bits per heavy atom. The first-order valence-electron chi connectivity index (χ1n) is 10.5. The molecule has 5 nitrogen and oxygen atoms in total. The summed E-state index contributed by atoms with van der Waals surface area (Å²) in [6.07, 6.45) is 6.46. The summed E-state index contributed by atoms with van der Waals surface area (Å²) in [6, 6.07) is 14.8. The van der Waals surface area contributed by atoms with Gasteiger partial charge in [0, 0.05) is 5.69 Å². The van der Waals surface area contributed by atoms with Gasteiger partial charge in [-0.1, -0.05) is 42.5 Å². The molecule has 5 heteroatoms. The number of imide groups is 1. The number of nitrogens with zero attached hydrogens (tertiary/aromatic N) is 1. The van der Waals surface area contributed by atoms with Gasteiger partial charge in [0.2, 0.25) is 17.7 Å². The summed E-state index contributed by atoms with van der Waals surface area (Å²) in [5, 5.41) is 2.93. The minimum absolute atomic E-state index is 0.0749. The SMILES string of the molecule is Cc1ccccc1NC(=O)Cc1ccc(N2C(=O)C3C4C=CC(CC4)C3C2=O)cc1. The fourth-order valence-corrected chi connectivity index (χ4v) is 5.18. The zero-order valence-corrected chi connectivity index (χ0v) is 16.9. The van der Waals surface area contributed by atoms with Gasteiger partial charge in [-0.2, -0.15) is 0 Å². The van der Waals surface area contributed by atoms with Crippen LogP contribution in [0.15, 0.2) is 60.7 Å². The summed E-state index contributed by atoms with van der Waals surface area (Å²) in [4.78, 5) is 39.8. The van der Waals surface area contributed by atoms with E-state index >= 15 is 0 Å². The quantitative estimate of drug-likeness (QED) is 0.626. The number of nitrogens with one attached hydrogen (secondary N) is 1. The van der Waals surface area contributed by atoms with E-state index in [1.807, 2.05) is 43.3 Å². The first kappa shape index (κ1) is 18.8. The highest BCUT2D eigenvalue weighted by Crippen LogP contribution is 2.50. The largest absolute Gasteiger partial charge is 0.326 e. The van der Waals surface area contributed by atoms with Crippen LogP contribution in [0.1, 0.15) is 24.0 Å². The smallest absolute Gasteiger partial charge is 0.238 e. The molecule has 152 valence electrons. The molecule has 3 amide bonds. The van der Waals surface area contributed by atoms with Crippen molar-refractivity contribution in [2.24, 2.45) is 23.7 Å². The number of amides is 3. The summed E-state index contributed by atoms with van der Waals surface area (Å²) in [6.45, 7) is 1.95. The Bertz CT molecular complexity index is 1020. The molecule has 2 aromatic rings. The lowest BCUT2D eigenvalue weighted by Crippen LogP contribution is -2.38. The zero-order valence-electron chi connectivity index (χ0n) is 16.9. The van der Waals surface area contributed by atoms with E-state index in [9.17, 15) is 14.4 Å². The van der Waals surface area contributed by atoms with Crippen LogP contribution in [-0.4, -0.2) is 17.7 Å². The van der Waals surface area contributed by atoms with Crippen molar-refractivity contribution in [1.82, 2.24) is 0 Å². The predicted molar refractivity (Wildman–Crippen MR) is 115 cm³/mol. The Kier molecular flexibility index (Phi) is 4.54. The second-order valence-corrected chi connectivity index (χ2v) is 8.56. The molecule has 1 N–H and O–H groups in total. The number of anilines is 2. The molecule has 0 aromatic heterocycles. The Morgan fingerprint density at radius 1 is 0.933 bits per heavy atom. The maximum atomic E-state index is 13.0. The van der Waals surface area contributed by atoms with Crippen molar-refractivity contribution in [3.8, 4) is 0 Å². The fraction of sp³-hybridized carbons (Fsp3) is 0.320. The molecular formula is C25H24N2O3. The molecule has 1 saturated carbocycles. The number of aryl methyl sites for hydroxylation is 1. The molecule has 2 fully saturated rings. The van der Waals surface area contributed by atoms with E-state index in [1.165, 1.54) is 4.90 Å². The van der Waals surface area contributed by atoms with E-state index in [0.29, 0.717) is 5.69 Å². The Morgan fingerprint density at radius 3 is 2.10 bits per heavy atom. The van der Waals surface area contributed by atoms with Crippen molar-refractivity contribution in [2.45, 2.75) is 26.2 Å². The van der Waals surface area contributed by atoms with Gasteiger partial charge in [-0.05, 0) is 60.9 Å². The Labute approximate surface area is 175 Å². The highest BCUT2D eigenvalue weighted by Gasteiger charge is 2.56. The number of hydrogen-bond acceptors (Lipinski definition) is 3. The monoisotopic (exact) mass is 400 g/mol. The number of para-hydroxylation sites is 1. The summed E-state index contributed by atoms with van der Waals surface area (Å²) in [5.74, 6) is -0.291. The van der Waals surface area contributed by atoms with E-state index in [4.69, 9.17) is 0 Å². The standard InChI is InChI=1S/C25H24N2O3/c1-15-4-2-3-5-20(15)26-21(28)14-16-6-12-19(13-7-16)27-24(29)22-17-8-9-18(11-10-17)23(22)25(27)30/h2-9,12-13,17-18,22-23H,10-11,14H2,1H3,(H,26,28). The number of allylic oxidation sites excluding steroid dienone is 2. The van der Waals surface area contributed by atoms with E-state index in [2.05, 4.69) is 17.5 Å². The summed E-state index contributed by atoms with van der Waals surface area (Å²) < 4.78 is 0. The number of benzene rings is 2. The number of hydrogen-bond donors (Lipinski definition) is 1. The van der Waals surface area contributed by atoms with Crippen LogP contribution in [-0.2, 0) is 20.8 Å². The maximum Gasteiger partial charge on any atom is 0.238 e. The van der Waals surface area contributed by atoms with E-state index in [1.54, 1.807) is 12.1 Å². The molecule has 1 heterocycles. The third-order valence-corrected chi connectivity index (χ3v) is 6.74. The third-order valence-electron chi connectivity index (χ3n) is 6.74. The van der Waals surface area contributed by atoms with Crippen molar-refractivity contribution in [3.63, 3.8) is 0 Å². The van der Waals surface area contributed by atoms with E-state index in [-0.39, 0.29) is 47.8 Å². The van der Waals surface area contributed by atoms with Gasteiger partial charge in [0.15, 0.2) is 0 Å². The zero-order chi connectivity index (χ0) is 20.8. The van der Waals surface area contributed by atoms with Gasteiger partial charge < -0.3 is 5.32 Å². The first-order chi connectivity index (χ1) is 14.5. The molecule has 2 aromatic carbocycles. The molecule has 1 saturated heterocycles. The normalized spacial score (nSPS) is 26.8. The molecule has 4 unspecified atom stereocenters. The lowest BCUT2D eigenvalue weighted by molar-refractivity contribution is -0.124. The van der Waals surface area contributed by atoms with Crippen molar-refractivity contribution in [3.05, 3.63) is 71.8 Å². The second kappa shape index (κ2) is 7.24. The van der Waals surface area contributed by atoms with E-state index in [0.717, 1.165) is 29.7 Å². The summed E-state index contributed by atoms with van der Waals surface area (Å²) >= 11 is 0. The van der Waals surface area contributed by atoms with Crippen LogP contribution in [0.5, 0.6) is 0 Å². The van der Waals surface area contributed by atoms with Crippen LogP contribution in [0.2, 0.25) is 0 Å². The van der Waals surface area contributed by atoms with Crippen LogP contribution in [0.4, 0.5) is 11.4 Å². The molecule has 30 heavy (non-hydrogen) atoms. The Balaban J connectivity index is 1.30. The van der Waals surface area contributed by atoms with Gasteiger partial charge in [-0.15, -0.1) is 0 Å². The van der Waals surface area contributed by atoms with E-state index < -0.39 is 0 Å². The van der Waals surface area contributed by atoms with Crippen molar-refractivity contribution in [2.75, 3.05) is 10.2 Å². The van der Waals surface area contributed by atoms with Crippen LogP contribution < -0.4 is 10.2 Å². The molecule has 4 aliphatic rings. The van der Waals surface area contributed by atoms with Gasteiger partial charge in [0.25, 0.3) is 0 Å². The van der Waals surface area contributed by atoms with Gasteiger partial charge in [-0.25, -0.2) is 0 Å². The lowest BCUT2D eigenvalue weighted by atomic mass is 9.63. The molecule has 0 radical (unpaired) electrons. The van der Waals surface area contributed by atoms with Gasteiger partial charge in [0.1, 0.15) is 0 Å². The number of carbonyl (C=O) groups excluding carboxylic acids is 3. The van der Waals surface area contributed by atoms with Crippen LogP contribution in [0.3, 0.4) is 0 Å². The van der Waals surface area contributed by atoms with Gasteiger partial charge in [0.05, 0.1) is 23.9 Å². The molecule has 0 spiro atoms. The second-order valence-electron chi connectivity index (χ2n) is 8.56. The number of rotatable bonds is 4. The molecule has 2 bridgehead atoms. The molecular weight excluding hydrogens is 376 g/mol. The minimum atomic E-state index is -0.208. The van der Waals surface area contributed by atoms with Gasteiger partial charge in [-0.3, -0.25) is 19.3 Å². The summed E-state index contributed by atoms with van der Waals surface area (Å²) in [7, 11) is 0. The Hall–Kier alpha value is -3.21. The van der Waals surface area contributed by atoms with Crippen molar-refractivity contribution >= 4 is 29.1 Å². The highest BCUT2D eigenvalue weighted by molar-refractivity contribution is 6.22. The number of fused-ring (bicyclic) bond motifs is 1. The molecule has 3 aliphatic carbocycles. The summed E-state index contributed by atoms with van der Waals surface area (Å²) in [5.41, 5.74) is 3.25. The number of carbonyl (C=O) groups is 3. The topological polar surface area (TPSA) is 66.5 Å². The van der Waals surface area contributed by atoms with Crippen LogP contribution in [0.25, 0.3) is 0 Å². The highest BCUT2D eigenvalue weighted by atomic mass is 16.2. The predicted octanol–water partition coefficient (Wildman–Crippen LogP) is 3.88. The average Bonchev–Trinajstić information content (AvgIpc) is 3.04. The molecule has 1 aliphatic heterocycles. The van der Waals surface area contributed by atoms with Crippen LogP contribution in [0, 0.1) is 30.6 Å². The minimum Gasteiger partial charge on any atom is -0.326 e. The molecule has 4 atom stereocenters. The van der Waals surface area contributed by atoms with Crippen molar-refractivity contribution < 1.29 is 14.4 Å². The first-order valence-corrected chi connectivity index (χ1v) is 10.5. The lowest BCUT2D eigenvalue weighted by Gasteiger charge is -2.38. The van der Waals surface area contributed by atoms with Crippen molar-refractivity contribution in [1.29, 1.82) is 0 Å². The fourth-order valence-electron chi connectivity index (χ4n) is 5.18. The third kappa shape index (κ3) is 3.05. The average molecular weight is 400 g/mol. The van der Waals surface area contributed by atoms with Gasteiger partial charge >= 0.3 is 0 Å². The maximum absolute atomic E-state index is 13.0. The van der Waals surface area contributed by atoms with Crippen LogP contribution >= 0.6 is 0 Å².